The molecule has 19 heavy (non-hydrogen) atoms. The lowest BCUT2D eigenvalue weighted by Crippen LogP contribution is -2.41. The van der Waals surface area contributed by atoms with Crippen molar-refractivity contribution in [3.63, 3.8) is 0 Å². The van der Waals surface area contributed by atoms with E-state index in [0.717, 1.165) is 12.8 Å². The molecule has 3 rings (SSSR count). The molecule has 1 N–H and O–H groups in total. The summed E-state index contributed by atoms with van der Waals surface area (Å²) < 4.78 is 5.81. The Morgan fingerprint density at radius 1 is 1.26 bits per heavy atom. The van der Waals surface area contributed by atoms with Crippen molar-refractivity contribution in [1.82, 2.24) is 9.88 Å². The van der Waals surface area contributed by atoms with Gasteiger partial charge in [0.05, 0.1) is 0 Å². The fourth-order valence-corrected chi connectivity index (χ4v) is 2.46. The van der Waals surface area contributed by atoms with Crippen molar-refractivity contribution in [1.29, 1.82) is 0 Å². The first kappa shape index (κ1) is 12.3. The summed E-state index contributed by atoms with van der Waals surface area (Å²) in [5, 5.41) is 8.88. The van der Waals surface area contributed by atoms with E-state index < -0.39 is 6.09 Å². The van der Waals surface area contributed by atoms with Gasteiger partial charge in [-0.2, -0.15) is 0 Å². The Balaban J connectivity index is 1.52. The molecule has 2 heterocycles. The van der Waals surface area contributed by atoms with E-state index in [0.29, 0.717) is 24.9 Å². The van der Waals surface area contributed by atoms with Crippen LogP contribution in [0.2, 0.25) is 0 Å². The van der Waals surface area contributed by atoms with E-state index in [1.807, 2.05) is 12.3 Å². The molecular formula is C14H18N2O3. The van der Waals surface area contributed by atoms with Crippen molar-refractivity contribution in [2.45, 2.75) is 37.7 Å². The van der Waals surface area contributed by atoms with E-state index >= 15 is 0 Å². The number of ether oxygens (including phenoxy) is 1. The number of carboxylic acid groups (broad SMARTS) is 1. The van der Waals surface area contributed by atoms with E-state index in [-0.39, 0.29) is 6.10 Å². The third-order valence-electron chi connectivity index (χ3n) is 3.81. The zero-order chi connectivity index (χ0) is 13.2. The van der Waals surface area contributed by atoms with Crippen LogP contribution in [0.3, 0.4) is 0 Å². The summed E-state index contributed by atoms with van der Waals surface area (Å²) in [5.74, 6) is 1.36. The second-order valence-corrected chi connectivity index (χ2v) is 5.29. The Hall–Kier alpha value is -1.78. The normalized spacial score (nSPS) is 20.3. The van der Waals surface area contributed by atoms with Crippen LogP contribution in [0.4, 0.5) is 4.79 Å². The summed E-state index contributed by atoms with van der Waals surface area (Å²) >= 11 is 0. The third kappa shape index (κ3) is 2.97. The van der Waals surface area contributed by atoms with Gasteiger partial charge in [-0.05, 0) is 24.3 Å². The summed E-state index contributed by atoms with van der Waals surface area (Å²) in [7, 11) is 0. The number of likely N-dealkylation sites (tertiary alicyclic amines) is 1. The van der Waals surface area contributed by atoms with Gasteiger partial charge in [0, 0.05) is 38.2 Å². The molecule has 0 unspecified atom stereocenters. The number of amides is 1. The van der Waals surface area contributed by atoms with Gasteiger partial charge in [0.25, 0.3) is 0 Å². The van der Waals surface area contributed by atoms with E-state index in [2.05, 4.69) is 11.1 Å². The fraction of sp³-hybridized carbons (Fsp3) is 0.571. The Morgan fingerprint density at radius 2 is 2.00 bits per heavy atom. The van der Waals surface area contributed by atoms with Crippen LogP contribution in [0.15, 0.2) is 18.3 Å². The molecule has 1 aliphatic heterocycles. The van der Waals surface area contributed by atoms with Crippen LogP contribution in [-0.2, 0) is 0 Å². The highest BCUT2D eigenvalue weighted by molar-refractivity contribution is 5.65. The van der Waals surface area contributed by atoms with Crippen molar-refractivity contribution in [2.24, 2.45) is 0 Å². The molecule has 2 fully saturated rings. The van der Waals surface area contributed by atoms with E-state index in [1.165, 1.54) is 23.3 Å². The van der Waals surface area contributed by atoms with Gasteiger partial charge >= 0.3 is 6.09 Å². The predicted molar refractivity (Wildman–Crippen MR) is 69.5 cm³/mol. The van der Waals surface area contributed by atoms with Crippen LogP contribution >= 0.6 is 0 Å². The van der Waals surface area contributed by atoms with Gasteiger partial charge in [0.2, 0.25) is 5.88 Å². The van der Waals surface area contributed by atoms with Crippen molar-refractivity contribution < 1.29 is 14.6 Å². The number of rotatable bonds is 3. The van der Waals surface area contributed by atoms with Crippen LogP contribution in [-0.4, -0.2) is 40.3 Å². The molecule has 2 aliphatic rings. The van der Waals surface area contributed by atoms with Gasteiger partial charge in [-0.3, -0.25) is 0 Å². The number of hydrogen-bond acceptors (Lipinski definition) is 3. The second kappa shape index (κ2) is 5.07. The molecule has 1 aromatic heterocycles. The van der Waals surface area contributed by atoms with Gasteiger partial charge < -0.3 is 14.7 Å². The van der Waals surface area contributed by atoms with E-state index in [4.69, 9.17) is 9.84 Å². The van der Waals surface area contributed by atoms with Gasteiger partial charge in [0.15, 0.2) is 0 Å². The van der Waals surface area contributed by atoms with Crippen LogP contribution in [0, 0.1) is 0 Å². The molecule has 0 spiro atoms. The average Bonchev–Trinajstić information content (AvgIpc) is 3.25. The maximum absolute atomic E-state index is 10.8. The minimum Gasteiger partial charge on any atom is -0.474 e. The van der Waals surface area contributed by atoms with E-state index in [9.17, 15) is 4.79 Å². The first-order valence-corrected chi connectivity index (χ1v) is 6.83. The number of piperidine rings is 1. The van der Waals surface area contributed by atoms with Crippen molar-refractivity contribution in [2.75, 3.05) is 13.1 Å². The highest BCUT2D eigenvalue weighted by Gasteiger charge is 2.25. The number of carbonyl (C=O) groups is 1. The molecule has 0 radical (unpaired) electrons. The van der Waals surface area contributed by atoms with Gasteiger partial charge in [0.1, 0.15) is 6.10 Å². The molecule has 1 saturated heterocycles. The lowest BCUT2D eigenvalue weighted by molar-refractivity contribution is 0.0871. The molecule has 5 heteroatoms. The average molecular weight is 262 g/mol. The van der Waals surface area contributed by atoms with Crippen LogP contribution in [0.1, 0.15) is 37.2 Å². The van der Waals surface area contributed by atoms with Crippen molar-refractivity contribution in [3.05, 3.63) is 23.9 Å². The molecular weight excluding hydrogens is 244 g/mol. The Labute approximate surface area is 112 Å². The molecule has 102 valence electrons. The Kier molecular flexibility index (Phi) is 3.27. The highest BCUT2D eigenvalue weighted by Crippen LogP contribution is 2.39. The zero-order valence-corrected chi connectivity index (χ0v) is 10.8. The molecule has 5 nitrogen and oxygen atoms in total. The lowest BCUT2D eigenvalue weighted by Gasteiger charge is -2.29. The van der Waals surface area contributed by atoms with Crippen LogP contribution < -0.4 is 4.74 Å². The fourth-order valence-electron chi connectivity index (χ4n) is 2.46. The number of pyridine rings is 1. The number of hydrogen-bond donors (Lipinski definition) is 1. The zero-order valence-electron chi connectivity index (χ0n) is 10.8. The first-order chi connectivity index (χ1) is 9.22. The largest absolute Gasteiger partial charge is 0.474 e. The molecule has 0 aromatic carbocycles. The van der Waals surface area contributed by atoms with Crippen LogP contribution in [0.25, 0.3) is 0 Å². The summed E-state index contributed by atoms with van der Waals surface area (Å²) in [6.45, 7) is 1.08. The first-order valence-electron chi connectivity index (χ1n) is 6.83. The summed E-state index contributed by atoms with van der Waals surface area (Å²) in [6, 6.07) is 4.02. The molecule has 0 atom stereocenters. The molecule has 1 aromatic rings. The Morgan fingerprint density at radius 3 is 2.53 bits per heavy atom. The maximum atomic E-state index is 10.8. The van der Waals surface area contributed by atoms with Gasteiger partial charge in [-0.15, -0.1) is 0 Å². The highest BCUT2D eigenvalue weighted by atomic mass is 16.5. The summed E-state index contributed by atoms with van der Waals surface area (Å²) in [5.41, 5.74) is 1.30. The monoisotopic (exact) mass is 262 g/mol. The SMILES string of the molecule is O=C(O)N1CCC(Oc2ccc(C3CC3)cn2)CC1. The standard InChI is InChI=1S/C14H18N2O3/c17-14(18)16-7-5-12(6-8-16)19-13-4-3-11(9-15-13)10-1-2-10/h3-4,9-10,12H,1-2,5-8H2,(H,17,18). The molecule has 1 aliphatic carbocycles. The second-order valence-electron chi connectivity index (χ2n) is 5.29. The van der Waals surface area contributed by atoms with Crippen LogP contribution in [0.5, 0.6) is 5.88 Å². The third-order valence-corrected chi connectivity index (χ3v) is 3.81. The van der Waals surface area contributed by atoms with E-state index in [1.54, 1.807) is 0 Å². The quantitative estimate of drug-likeness (QED) is 0.909. The topological polar surface area (TPSA) is 62.7 Å². The number of aromatic nitrogens is 1. The minimum atomic E-state index is -0.842. The number of nitrogens with zero attached hydrogens (tertiary/aromatic N) is 2. The van der Waals surface area contributed by atoms with Crippen molar-refractivity contribution >= 4 is 6.09 Å². The predicted octanol–water partition coefficient (Wildman–Crippen LogP) is 2.48. The molecule has 0 bridgehead atoms. The minimum absolute atomic E-state index is 0.0786. The summed E-state index contributed by atoms with van der Waals surface area (Å²) in [6.07, 6.45) is 5.15. The molecule has 1 saturated carbocycles. The lowest BCUT2D eigenvalue weighted by atomic mass is 10.1. The smallest absolute Gasteiger partial charge is 0.407 e. The summed E-state index contributed by atoms with van der Waals surface area (Å²) in [4.78, 5) is 16.6. The van der Waals surface area contributed by atoms with Crippen molar-refractivity contribution in [3.8, 4) is 5.88 Å². The molecule has 1 amide bonds. The van der Waals surface area contributed by atoms with Gasteiger partial charge in [-0.1, -0.05) is 6.07 Å². The maximum Gasteiger partial charge on any atom is 0.407 e. The Bertz CT molecular complexity index is 448. The van der Waals surface area contributed by atoms with Gasteiger partial charge in [-0.25, -0.2) is 9.78 Å².